The first-order chi connectivity index (χ1) is 8.58. The van der Waals surface area contributed by atoms with E-state index in [1.807, 2.05) is 0 Å². The molecule has 1 fully saturated rings. The number of rotatable bonds is 6. The van der Waals surface area contributed by atoms with Gasteiger partial charge in [-0.3, -0.25) is 4.79 Å². The van der Waals surface area contributed by atoms with Gasteiger partial charge >= 0.3 is 5.97 Å². The summed E-state index contributed by atoms with van der Waals surface area (Å²) in [6, 6.07) is 6.90. The molecule has 0 bridgehead atoms. The molecule has 1 N–H and O–H groups in total. The number of halogens is 2. The molecule has 0 spiro atoms. The second-order valence-electron chi connectivity index (χ2n) is 4.46. The fourth-order valence-corrected chi connectivity index (χ4v) is 2.91. The maximum Gasteiger partial charge on any atom is 0.303 e. The van der Waals surface area contributed by atoms with Crippen molar-refractivity contribution in [1.29, 1.82) is 0 Å². The Kier molecular flexibility index (Phi) is 4.22. The van der Waals surface area contributed by atoms with Crippen LogP contribution in [0.4, 0.5) is 8.78 Å². The Bertz CT molecular complexity index is 433. The van der Waals surface area contributed by atoms with Gasteiger partial charge in [-0.1, -0.05) is 30.0 Å². The van der Waals surface area contributed by atoms with Gasteiger partial charge in [-0.25, -0.2) is 0 Å². The molecule has 0 aliphatic heterocycles. The van der Waals surface area contributed by atoms with Gasteiger partial charge in [0.05, 0.1) is 6.42 Å². The number of carbonyl (C=O) groups is 1. The molecular weight excluding hydrogens is 258 g/mol. The van der Waals surface area contributed by atoms with Gasteiger partial charge in [-0.05, 0) is 36.3 Å². The summed E-state index contributed by atoms with van der Waals surface area (Å²) in [5.41, 5.74) is 0.757. The van der Waals surface area contributed by atoms with Crippen LogP contribution in [-0.2, 0) is 4.79 Å². The van der Waals surface area contributed by atoms with Crippen molar-refractivity contribution in [3.63, 3.8) is 0 Å². The molecule has 2 nitrogen and oxygen atoms in total. The zero-order valence-corrected chi connectivity index (χ0v) is 10.5. The average Bonchev–Trinajstić information content (AvgIpc) is 3.09. The standard InChI is InChI=1S/C13H14F2O2S/c14-13(15)18-11-4-2-1-3-9(11)10(7-12(16)17)8-5-6-8/h1-4,8,10,13H,5-7H2,(H,16,17). The zero-order chi connectivity index (χ0) is 13.1. The third-order valence-corrected chi connectivity index (χ3v) is 3.92. The van der Waals surface area contributed by atoms with Crippen LogP contribution in [0.5, 0.6) is 0 Å². The summed E-state index contributed by atoms with van der Waals surface area (Å²) in [5, 5.41) is 8.94. The summed E-state index contributed by atoms with van der Waals surface area (Å²) >= 11 is 0.499. The minimum absolute atomic E-state index is 0.0193. The highest BCUT2D eigenvalue weighted by Crippen LogP contribution is 2.47. The van der Waals surface area contributed by atoms with E-state index in [1.54, 1.807) is 24.3 Å². The highest BCUT2D eigenvalue weighted by atomic mass is 32.2. The largest absolute Gasteiger partial charge is 0.481 e. The van der Waals surface area contributed by atoms with Crippen LogP contribution in [0.1, 0.15) is 30.7 Å². The van der Waals surface area contributed by atoms with Crippen molar-refractivity contribution in [2.75, 3.05) is 0 Å². The molecule has 18 heavy (non-hydrogen) atoms. The van der Waals surface area contributed by atoms with Gasteiger partial charge in [0.25, 0.3) is 5.76 Å². The van der Waals surface area contributed by atoms with E-state index in [0.29, 0.717) is 22.6 Å². The SMILES string of the molecule is O=C(O)CC(c1ccccc1SC(F)F)C1CC1. The van der Waals surface area contributed by atoms with Crippen molar-refractivity contribution in [3.05, 3.63) is 29.8 Å². The molecule has 1 saturated carbocycles. The van der Waals surface area contributed by atoms with Crippen molar-refractivity contribution >= 4 is 17.7 Å². The quantitative estimate of drug-likeness (QED) is 0.796. The second-order valence-corrected chi connectivity index (χ2v) is 5.49. The first-order valence-electron chi connectivity index (χ1n) is 5.83. The molecule has 0 heterocycles. The topological polar surface area (TPSA) is 37.3 Å². The highest BCUT2D eigenvalue weighted by molar-refractivity contribution is 7.99. The average molecular weight is 272 g/mol. The molecule has 1 aromatic rings. The molecule has 0 amide bonds. The van der Waals surface area contributed by atoms with E-state index in [1.165, 1.54) is 0 Å². The van der Waals surface area contributed by atoms with Crippen LogP contribution in [0, 0.1) is 5.92 Å². The van der Waals surface area contributed by atoms with Gasteiger partial charge in [0.1, 0.15) is 0 Å². The van der Waals surface area contributed by atoms with Crippen molar-refractivity contribution in [3.8, 4) is 0 Å². The molecule has 2 rings (SSSR count). The summed E-state index contributed by atoms with van der Waals surface area (Å²) in [7, 11) is 0. The molecule has 0 radical (unpaired) electrons. The summed E-state index contributed by atoms with van der Waals surface area (Å²) < 4.78 is 25.0. The van der Waals surface area contributed by atoms with E-state index in [9.17, 15) is 13.6 Å². The Balaban J connectivity index is 2.25. The van der Waals surface area contributed by atoms with Gasteiger partial charge in [-0.15, -0.1) is 0 Å². The minimum atomic E-state index is -2.48. The fourth-order valence-electron chi connectivity index (χ4n) is 2.21. The van der Waals surface area contributed by atoms with Crippen LogP contribution in [0.15, 0.2) is 29.2 Å². The van der Waals surface area contributed by atoms with Crippen molar-refractivity contribution in [2.45, 2.75) is 35.8 Å². The number of aliphatic carboxylic acids is 1. The summed E-state index contributed by atoms with van der Waals surface area (Å²) in [6.07, 6.45) is 2.00. The Hall–Kier alpha value is -1.10. The van der Waals surface area contributed by atoms with Gasteiger partial charge in [-0.2, -0.15) is 8.78 Å². The molecule has 0 saturated heterocycles. The highest BCUT2D eigenvalue weighted by Gasteiger charge is 2.35. The van der Waals surface area contributed by atoms with Crippen LogP contribution in [0.3, 0.4) is 0 Å². The van der Waals surface area contributed by atoms with Crippen LogP contribution < -0.4 is 0 Å². The Morgan fingerprint density at radius 1 is 1.39 bits per heavy atom. The number of alkyl halides is 2. The minimum Gasteiger partial charge on any atom is -0.481 e. The molecular formula is C13H14F2O2S. The summed E-state index contributed by atoms with van der Waals surface area (Å²) in [4.78, 5) is 11.4. The van der Waals surface area contributed by atoms with E-state index in [4.69, 9.17) is 5.11 Å². The van der Waals surface area contributed by atoms with E-state index >= 15 is 0 Å². The maximum atomic E-state index is 12.5. The monoisotopic (exact) mass is 272 g/mol. The lowest BCUT2D eigenvalue weighted by Gasteiger charge is -2.18. The van der Waals surface area contributed by atoms with E-state index in [0.717, 1.165) is 18.4 Å². The zero-order valence-electron chi connectivity index (χ0n) is 9.68. The molecule has 1 atom stereocenters. The summed E-state index contributed by atoms with van der Waals surface area (Å²) in [5.74, 6) is -3.15. The number of thioether (sulfide) groups is 1. The van der Waals surface area contributed by atoms with Crippen molar-refractivity contribution in [1.82, 2.24) is 0 Å². The van der Waals surface area contributed by atoms with Gasteiger partial charge in [0, 0.05) is 4.90 Å². The third kappa shape index (κ3) is 3.45. The molecule has 98 valence electrons. The van der Waals surface area contributed by atoms with Crippen LogP contribution >= 0.6 is 11.8 Å². The number of hydrogen-bond donors (Lipinski definition) is 1. The molecule has 0 aromatic heterocycles. The molecule has 1 aliphatic rings. The van der Waals surface area contributed by atoms with E-state index in [2.05, 4.69) is 0 Å². The lowest BCUT2D eigenvalue weighted by atomic mass is 9.91. The number of carboxylic acids is 1. The lowest BCUT2D eigenvalue weighted by Crippen LogP contribution is -2.09. The van der Waals surface area contributed by atoms with E-state index < -0.39 is 11.7 Å². The normalized spacial score (nSPS) is 16.8. The predicted molar refractivity (Wildman–Crippen MR) is 66.0 cm³/mol. The molecule has 1 unspecified atom stereocenters. The van der Waals surface area contributed by atoms with Crippen LogP contribution in [-0.4, -0.2) is 16.8 Å². The van der Waals surface area contributed by atoms with Crippen LogP contribution in [0.2, 0.25) is 0 Å². The van der Waals surface area contributed by atoms with Gasteiger partial charge < -0.3 is 5.11 Å². The van der Waals surface area contributed by atoms with Gasteiger partial charge in [0.15, 0.2) is 0 Å². The van der Waals surface area contributed by atoms with Crippen molar-refractivity contribution in [2.24, 2.45) is 5.92 Å². The smallest absolute Gasteiger partial charge is 0.303 e. The molecule has 1 aliphatic carbocycles. The Morgan fingerprint density at radius 2 is 2.06 bits per heavy atom. The Labute approximate surface area is 108 Å². The fraction of sp³-hybridized carbons (Fsp3) is 0.462. The lowest BCUT2D eigenvalue weighted by molar-refractivity contribution is -0.137. The maximum absolute atomic E-state index is 12.5. The Morgan fingerprint density at radius 3 is 2.61 bits per heavy atom. The van der Waals surface area contributed by atoms with Crippen LogP contribution in [0.25, 0.3) is 0 Å². The number of benzene rings is 1. The third-order valence-electron chi connectivity index (χ3n) is 3.12. The van der Waals surface area contributed by atoms with E-state index in [-0.39, 0.29) is 12.3 Å². The molecule has 1 aromatic carbocycles. The van der Waals surface area contributed by atoms with Crippen molar-refractivity contribution < 1.29 is 18.7 Å². The predicted octanol–water partition coefficient (Wildman–Crippen LogP) is 3.97. The number of carboxylic acid groups (broad SMARTS) is 1. The second kappa shape index (κ2) is 5.69. The van der Waals surface area contributed by atoms with Gasteiger partial charge in [0.2, 0.25) is 0 Å². The number of hydrogen-bond acceptors (Lipinski definition) is 2. The summed E-state index contributed by atoms with van der Waals surface area (Å²) in [6.45, 7) is 0. The first-order valence-corrected chi connectivity index (χ1v) is 6.71. The molecule has 5 heteroatoms. The first kappa shape index (κ1) is 13.3.